The van der Waals surface area contributed by atoms with Crippen LogP contribution in [0.4, 0.5) is 5.69 Å². The van der Waals surface area contributed by atoms with Crippen LogP contribution in [0.15, 0.2) is 24.3 Å². The third-order valence-electron chi connectivity index (χ3n) is 5.50. The van der Waals surface area contributed by atoms with Gasteiger partial charge in [-0.1, -0.05) is 12.1 Å². The van der Waals surface area contributed by atoms with Crippen LogP contribution < -0.4 is 4.72 Å². The SMILES string of the molecule is CC(=O)N1CCN(C(=O)Cc2cccc(NS(C)(=O)=O)c2)C(CN2CCCC2)C1. The molecule has 1 atom stereocenters. The third kappa shape index (κ3) is 6.17. The lowest BCUT2D eigenvalue weighted by molar-refractivity contribution is -0.142. The first kappa shape index (κ1) is 21.6. The van der Waals surface area contributed by atoms with E-state index in [1.165, 1.54) is 12.8 Å². The van der Waals surface area contributed by atoms with E-state index in [1.807, 2.05) is 15.9 Å². The van der Waals surface area contributed by atoms with Crippen molar-refractivity contribution in [1.82, 2.24) is 14.7 Å². The Hall–Kier alpha value is -2.13. The fraction of sp³-hybridized carbons (Fsp3) is 0.600. The van der Waals surface area contributed by atoms with Crippen LogP contribution in [0, 0.1) is 0 Å². The summed E-state index contributed by atoms with van der Waals surface area (Å²) in [6.07, 6.45) is 3.66. The van der Waals surface area contributed by atoms with Crippen LogP contribution >= 0.6 is 0 Å². The van der Waals surface area contributed by atoms with Crippen molar-refractivity contribution in [3.63, 3.8) is 0 Å². The Morgan fingerprint density at radius 1 is 1.14 bits per heavy atom. The minimum atomic E-state index is -3.37. The van der Waals surface area contributed by atoms with E-state index in [9.17, 15) is 18.0 Å². The van der Waals surface area contributed by atoms with Gasteiger partial charge in [-0.2, -0.15) is 0 Å². The van der Waals surface area contributed by atoms with E-state index < -0.39 is 10.0 Å². The van der Waals surface area contributed by atoms with Crippen LogP contribution in [-0.2, 0) is 26.0 Å². The number of rotatable bonds is 6. The number of piperazine rings is 1. The van der Waals surface area contributed by atoms with Crippen LogP contribution in [0.5, 0.6) is 0 Å². The maximum absolute atomic E-state index is 13.1. The second-order valence-corrected chi connectivity index (χ2v) is 9.71. The van der Waals surface area contributed by atoms with Gasteiger partial charge in [-0.05, 0) is 43.6 Å². The summed E-state index contributed by atoms with van der Waals surface area (Å²) in [6, 6.07) is 6.91. The fourth-order valence-electron chi connectivity index (χ4n) is 4.12. The minimum absolute atomic E-state index is 0.00824. The summed E-state index contributed by atoms with van der Waals surface area (Å²) in [5.41, 5.74) is 1.21. The topological polar surface area (TPSA) is 90.0 Å². The van der Waals surface area contributed by atoms with Gasteiger partial charge in [-0.15, -0.1) is 0 Å². The van der Waals surface area contributed by atoms with Crippen molar-refractivity contribution in [3.8, 4) is 0 Å². The van der Waals surface area contributed by atoms with Crippen molar-refractivity contribution in [2.45, 2.75) is 32.2 Å². The third-order valence-corrected chi connectivity index (χ3v) is 6.11. The molecule has 1 unspecified atom stereocenters. The second kappa shape index (κ2) is 9.13. The van der Waals surface area contributed by atoms with Gasteiger partial charge in [0.2, 0.25) is 21.8 Å². The number of hydrogen-bond acceptors (Lipinski definition) is 5. The second-order valence-electron chi connectivity index (χ2n) is 7.97. The van der Waals surface area contributed by atoms with E-state index in [0.717, 1.165) is 31.5 Å². The van der Waals surface area contributed by atoms with E-state index in [4.69, 9.17) is 0 Å². The Morgan fingerprint density at radius 2 is 1.86 bits per heavy atom. The molecule has 2 aliphatic rings. The van der Waals surface area contributed by atoms with Gasteiger partial charge >= 0.3 is 0 Å². The molecule has 0 saturated carbocycles. The van der Waals surface area contributed by atoms with E-state index >= 15 is 0 Å². The summed E-state index contributed by atoms with van der Waals surface area (Å²) >= 11 is 0. The highest BCUT2D eigenvalue weighted by Crippen LogP contribution is 2.18. The van der Waals surface area contributed by atoms with Crippen molar-refractivity contribution in [2.75, 3.05) is 50.2 Å². The Kier molecular flexibility index (Phi) is 6.79. The highest BCUT2D eigenvalue weighted by Gasteiger charge is 2.33. The smallest absolute Gasteiger partial charge is 0.229 e. The van der Waals surface area contributed by atoms with Gasteiger partial charge in [-0.3, -0.25) is 14.3 Å². The van der Waals surface area contributed by atoms with Crippen LogP contribution in [0.3, 0.4) is 0 Å². The molecule has 8 nitrogen and oxygen atoms in total. The molecule has 0 bridgehead atoms. The number of carbonyl (C=O) groups excluding carboxylic acids is 2. The van der Waals surface area contributed by atoms with Gasteiger partial charge in [-0.25, -0.2) is 8.42 Å². The average molecular weight is 423 g/mol. The standard InChI is InChI=1S/C20H30N4O4S/c1-16(25)23-10-11-24(19(15-23)14-22-8-3-4-9-22)20(26)13-17-6-5-7-18(12-17)21-29(2,27)28/h5-7,12,19,21H,3-4,8-11,13-15H2,1-2H3. The van der Waals surface area contributed by atoms with E-state index in [-0.39, 0.29) is 24.3 Å². The molecule has 2 heterocycles. The number of nitrogens with zero attached hydrogens (tertiary/aromatic N) is 3. The maximum atomic E-state index is 13.1. The van der Waals surface area contributed by atoms with Crippen molar-refractivity contribution >= 4 is 27.5 Å². The van der Waals surface area contributed by atoms with Crippen LogP contribution in [0.1, 0.15) is 25.3 Å². The van der Waals surface area contributed by atoms with Gasteiger partial charge in [0.15, 0.2) is 0 Å². The zero-order chi connectivity index (χ0) is 21.0. The summed E-state index contributed by atoms with van der Waals surface area (Å²) in [5, 5.41) is 0. The molecule has 2 saturated heterocycles. The Morgan fingerprint density at radius 3 is 2.52 bits per heavy atom. The number of amides is 2. The zero-order valence-electron chi connectivity index (χ0n) is 17.1. The monoisotopic (exact) mass is 422 g/mol. The van der Waals surface area contributed by atoms with Crippen molar-refractivity contribution in [1.29, 1.82) is 0 Å². The predicted molar refractivity (Wildman–Crippen MR) is 112 cm³/mol. The van der Waals surface area contributed by atoms with Crippen LogP contribution in [0.25, 0.3) is 0 Å². The van der Waals surface area contributed by atoms with Gasteiger partial charge < -0.3 is 14.7 Å². The van der Waals surface area contributed by atoms with Gasteiger partial charge in [0.1, 0.15) is 0 Å². The lowest BCUT2D eigenvalue weighted by Crippen LogP contribution is -2.59. The number of sulfonamides is 1. The van der Waals surface area contributed by atoms with Gasteiger partial charge in [0, 0.05) is 38.8 Å². The van der Waals surface area contributed by atoms with Gasteiger partial charge in [0.05, 0.1) is 18.7 Å². The highest BCUT2D eigenvalue weighted by molar-refractivity contribution is 7.92. The summed E-state index contributed by atoms with van der Waals surface area (Å²) in [4.78, 5) is 31.0. The van der Waals surface area contributed by atoms with Crippen LogP contribution in [-0.4, -0.2) is 86.5 Å². The molecule has 3 rings (SSSR count). The average Bonchev–Trinajstić information content (AvgIpc) is 3.13. The first-order valence-corrected chi connectivity index (χ1v) is 11.9. The molecule has 9 heteroatoms. The maximum Gasteiger partial charge on any atom is 0.229 e. The van der Waals surface area contributed by atoms with Gasteiger partial charge in [0.25, 0.3) is 0 Å². The Bertz CT molecular complexity index is 852. The Balaban J connectivity index is 1.70. The summed E-state index contributed by atoms with van der Waals surface area (Å²) in [7, 11) is -3.37. The molecule has 2 aliphatic heterocycles. The molecule has 0 radical (unpaired) electrons. The molecule has 1 aromatic rings. The molecule has 2 fully saturated rings. The zero-order valence-corrected chi connectivity index (χ0v) is 18.0. The summed E-state index contributed by atoms with van der Waals surface area (Å²) in [6.45, 7) is 6.07. The number of likely N-dealkylation sites (tertiary alicyclic amines) is 1. The molecule has 0 aromatic heterocycles. The number of carbonyl (C=O) groups is 2. The predicted octanol–water partition coefficient (Wildman–Crippen LogP) is 0.756. The highest BCUT2D eigenvalue weighted by atomic mass is 32.2. The Labute approximate surface area is 172 Å². The molecule has 1 aromatic carbocycles. The van der Waals surface area contributed by atoms with E-state index in [0.29, 0.717) is 25.3 Å². The molecule has 160 valence electrons. The summed E-state index contributed by atoms with van der Waals surface area (Å²) in [5.74, 6) is 0.0528. The number of nitrogens with one attached hydrogen (secondary N) is 1. The molecule has 0 spiro atoms. The van der Waals surface area contributed by atoms with E-state index in [1.54, 1.807) is 25.1 Å². The largest absolute Gasteiger partial charge is 0.339 e. The van der Waals surface area contributed by atoms with Crippen molar-refractivity contribution in [3.05, 3.63) is 29.8 Å². The summed E-state index contributed by atoms with van der Waals surface area (Å²) < 4.78 is 25.3. The molecule has 1 N–H and O–H groups in total. The molecule has 2 amide bonds. The minimum Gasteiger partial charge on any atom is -0.339 e. The van der Waals surface area contributed by atoms with Crippen molar-refractivity contribution < 1.29 is 18.0 Å². The molecular formula is C20H30N4O4S. The normalized spacial score (nSPS) is 20.7. The number of anilines is 1. The number of hydrogen-bond donors (Lipinski definition) is 1. The molecule has 29 heavy (non-hydrogen) atoms. The van der Waals surface area contributed by atoms with Crippen molar-refractivity contribution in [2.24, 2.45) is 0 Å². The number of benzene rings is 1. The lowest BCUT2D eigenvalue weighted by atomic mass is 10.1. The first-order chi connectivity index (χ1) is 13.7. The quantitative estimate of drug-likeness (QED) is 0.731. The molecular weight excluding hydrogens is 392 g/mol. The van der Waals surface area contributed by atoms with Crippen LogP contribution in [0.2, 0.25) is 0 Å². The first-order valence-electron chi connectivity index (χ1n) is 10.1. The molecule has 0 aliphatic carbocycles. The van der Waals surface area contributed by atoms with E-state index in [2.05, 4.69) is 9.62 Å². The fourth-order valence-corrected chi connectivity index (χ4v) is 4.68. The lowest BCUT2D eigenvalue weighted by Gasteiger charge is -2.42.